The summed E-state index contributed by atoms with van der Waals surface area (Å²) in [4.78, 5) is 0.332. The third-order valence-corrected chi connectivity index (χ3v) is 22.9. The Kier molecular flexibility index (Phi) is 26.5. The molecule has 0 aliphatic carbocycles. The maximum atomic E-state index is 15.9. The van der Waals surface area contributed by atoms with Crippen molar-refractivity contribution >= 4 is 38.2 Å². The standard InChI is InChI=1S/C64H93O3PS/c1-3-5-7-9-11-13-15-17-19-21-23-25-27-29-35-46-58-47-45-57-64(63(58)56-44-30-28-26-24-22-20-18-16-14-12-10-8-6-4-2)69(65,66)67-68(59-48-36-31-37-49-59,60-50-38-32-39-51-60,61-52-40-33-41-53-61)62-54-42-34-43-55-62/h31-34,36-43,45,47-55,57H,3-30,35,44,46,56H2,1-2H3. The maximum absolute atomic E-state index is 15.9. The fourth-order valence-electron chi connectivity index (χ4n) is 10.9. The van der Waals surface area contributed by atoms with E-state index in [1.807, 2.05) is 84.9 Å². The first kappa shape index (κ1) is 56.4. The van der Waals surface area contributed by atoms with E-state index in [1.165, 1.54) is 179 Å². The summed E-state index contributed by atoms with van der Waals surface area (Å²) in [7, 11) is -4.39. The van der Waals surface area contributed by atoms with Crippen LogP contribution in [0.2, 0.25) is 0 Å². The topological polar surface area (TPSA) is 43.4 Å². The zero-order chi connectivity index (χ0) is 48.6. The molecule has 69 heavy (non-hydrogen) atoms. The SMILES string of the molecule is CCCCCCCCCCCCCCCCCc1cccc(S(=O)(=O)OP(c2ccccc2)(c2ccccc2)(c2ccccc2)c2ccccc2)c1CCCCCCCCCCCCCCCCC. The fraction of sp³-hybridized carbons (Fsp3) is 0.531. The molecule has 5 heteroatoms. The summed E-state index contributed by atoms with van der Waals surface area (Å²) in [6.07, 6.45) is 41.1. The summed E-state index contributed by atoms with van der Waals surface area (Å²) in [6, 6.07) is 46.7. The Morgan fingerprint density at radius 2 is 0.594 bits per heavy atom. The van der Waals surface area contributed by atoms with Crippen LogP contribution in [-0.2, 0) is 26.9 Å². The van der Waals surface area contributed by atoms with Crippen LogP contribution in [0.5, 0.6) is 0 Å². The van der Waals surface area contributed by atoms with Gasteiger partial charge in [0.05, 0.1) is 0 Å². The first-order valence-electron chi connectivity index (χ1n) is 28.3. The summed E-state index contributed by atoms with van der Waals surface area (Å²) >= 11 is 0. The van der Waals surface area contributed by atoms with Gasteiger partial charge < -0.3 is 0 Å². The van der Waals surface area contributed by atoms with Crippen molar-refractivity contribution in [3.63, 3.8) is 0 Å². The molecule has 5 aromatic carbocycles. The van der Waals surface area contributed by atoms with Crippen molar-refractivity contribution in [1.82, 2.24) is 0 Å². The Hall–Kier alpha value is -3.56. The molecular weight excluding hydrogens is 880 g/mol. The van der Waals surface area contributed by atoms with Gasteiger partial charge in [0.15, 0.2) is 0 Å². The summed E-state index contributed by atoms with van der Waals surface area (Å²) in [5.74, 6) is 0. The molecule has 0 spiro atoms. The number of benzene rings is 5. The fourth-order valence-corrected chi connectivity index (χ4v) is 19.7. The molecule has 3 nitrogen and oxygen atoms in total. The van der Waals surface area contributed by atoms with Gasteiger partial charge in [0.1, 0.15) is 0 Å². The van der Waals surface area contributed by atoms with Gasteiger partial charge in [0.25, 0.3) is 0 Å². The van der Waals surface area contributed by atoms with Gasteiger partial charge in [0, 0.05) is 0 Å². The second-order valence-electron chi connectivity index (χ2n) is 20.2. The first-order valence-corrected chi connectivity index (χ1v) is 31.9. The molecule has 0 heterocycles. The van der Waals surface area contributed by atoms with E-state index in [1.54, 1.807) is 0 Å². The van der Waals surface area contributed by atoms with E-state index in [4.69, 9.17) is 3.97 Å². The van der Waals surface area contributed by atoms with Crippen molar-refractivity contribution in [2.45, 2.75) is 224 Å². The molecule has 0 bridgehead atoms. The van der Waals surface area contributed by atoms with E-state index < -0.39 is 16.9 Å². The van der Waals surface area contributed by atoms with Gasteiger partial charge in [-0.05, 0) is 0 Å². The van der Waals surface area contributed by atoms with Crippen molar-refractivity contribution < 1.29 is 12.4 Å². The van der Waals surface area contributed by atoms with E-state index in [9.17, 15) is 0 Å². The first-order chi connectivity index (χ1) is 34.0. The third-order valence-electron chi connectivity index (χ3n) is 14.8. The summed E-state index contributed by atoms with van der Waals surface area (Å²) in [5.41, 5.74) is 2.12. The monoisotopic (exact) mass is 973 g/mol. The van der Waals surface area contributed by atoms with Crippen molar-refractivity contribution in [1.29, 1.82) is 0 Å². The molecule has 378 valence electrons. The number of aryl methyl sites for hydroxylation is 1. The third kappa shape index (κ3) is 17.0. The molecule has 0 radical (unpaired) electrons. The number of unbranched alkanes of at least 4 members (excludes halogenated alkanes) is 28. The second kappa shape index (κ2) is 32.4. The molecule has 0 unspecified atom stereocenters. The van der Waals surface area contributed by atoms with Gasteiger partial charge >= 0.3 is 302 Å². The smallest absolute Gasteiger partial charge is 0.0654 e. The Balaban J connectivity index is 1.33. The summed E-state index contributed by atoms with van der Waals surface area (Å²) in [5, 5.41) is 3.42. The van der Waals surface area contributed by atoms with Gasteiger partial charge in [-0.2, -0.15) is 0 Å². The average Bonchev–Trinajstić information content (AvgIpc) is 3.39. The van der Waals surface area contributed by atoms with Gasteiger partial charge in [-0.15, -0.1) is 0 Å². The van der Waals surface area contributed by atoms with Crippen LogP contribution < -0.4 is 21.2 Å². The average molecular weight is 973 g/mol. The Morgan fingerprint density at radius 3 is 0.899 bits per heavy atom. The molecule has 0 atom stereocenters. The van der Waals surface area contributed by atoms with Crippen LogP contribution in [0.1, 0.15) is 218 Å². The molecule has 0 saturated heterocycles. The Bertz CT molecular complexity index is 2000. The van der Waals surface area contributed by atoms with Crippen molar-refractivity contribution in [2.24, 2.45) is 0 Å². The van der Waals surface area contributed by atoms with Gasteiger partial charge in [-0.25, -0.2) is 0 Å². The molecule has 0 aromatic heterocycles. The van der Waals surface area contributed by atoms with E-state index in [-0.39, 0.29) is 0 Å². The minimum absolute atomic E-state index is 0.332. The normalized spacial score (nSPS) is 12.5. The molecule has 0 aliphatic rings. The molecule has 0 amide bonds. The molecule has 0 N–H and O–H groups in total. The number of rotatable bonds is 39. The summed E-state index contributed by atoms with van der Waals surface area (Å²) < 4.78 is 39.3. The number of hydrogen-bond acceptors (Lipinski definition) is 3. The zero-order valence-electron chi connectivity index (χ0n) is 43.5. The molecule has 0 saturated carbocycles. The molecular formula is C64H93O3PS. The van der Waals surface area contributed by atoms with Crippen molar-refractivity contribution in [3.8, 4) is 0 Å². The van der Waals surface area contributed by atoms with Gasteiger partial charge in [-0.1, -0.05) is 123 Å². The van der Waals surface area contributed by atoms with Crippen LogP contribution in [0.4, 0.5) is 0 Å². The minimum Gasteiger partial charge on any atom is -0.0654 e. The Morgan fingerprint density at radius 1 is 0.319 bits per heavy atom. The van der Waals surface area contributed by atoms with Crippen LogP contribution in [0.15, 0.2) is 144 Å². The number of hydrogen-bond donors (Lipinski definition) is 0. The van der Waals surface area contributed by atoms with E-state index in [2.05, 4.69) is 68.4 Å². The molecule has 0 fully saturated rings. The van der Waals surface area contributed by atoms with Crippen LogP contribution in [0, 0.1) is 0 Å². The van der Waals surface area contributed by atoms with Crippen molar-refractivity contribution in [3.05, 3.63) is 151 Å². The molecule has 5 aromatic rings. The minimum atomic E-state index is -4.48. The Labute approximate surface area is 423 Å². The van der Waals surface area contributed by atoms with Crippen LogP contribution >= 0.6 is 6.83 Å². The van der Waals surface area contributed by atoms with Gasteiger partial charge in [-0.3, -0.25) is 0 Å². The second-order valence-corrected chi connectivity index (χ2v) is 26.3. The van der Waals surface area contributed by atoms with Crippen LogP contribution in [0.3, 0.4) is 0 Å². The summed E-state index contributed by atoms with van der Waals surface area (Å²) in [6.45, 7) is 0.0994. The van der Waals surface area contributed by atoms with E-state index in [0.29, 0.717) is 4.90 Å². The van der Waals surface area contributed by atoms with Crippen LogP contribution in [-0.4, -0.2) is 8.42 Å². The van der Waals surface area contributed by atoms with E-state index in [0.717, 1.165) is 58.9 Å². The van der Waals surface area contributed by atoms with Crippen LogP contribution in [0.25, 0.3) is 0 Å². The molecule has 0 aliphatic heterocycles. The van der Waals surface area contributed by atoms with E-state index >= 15 is 8.42 Å². The molecule has 5 rings (SSSR count). The van der Waals surface area contributed by atoms with Gasteiger partial charge in [0.2, 0.25) is 0 Å². The quantitative estimate of drug-likeness (QED) is 0.0291. The van der Waals surface area contributed by atoms with Crippen molar-refractivity contribution in [2.75, 3.05) is 0 Å². The zero-order valence-corrected chi connectivity index (χ0v) is 45.2. The predicted octanol–water partition coefficient (Wildman–Crippen LogP) is 18.0. The predicted molar refractivity (Wildman–Crippen MR) is 303 cm³/mol.